The normalized spacial score (nSPS) is 11.6. The van der Waals surface area contributed by atoms with Crippen molar-refractivity contribution in [2.24, 2.45) is 0 Å². The Morgan fingerprint density at radius 2 is 1.73 bits per heavy atom. The Balaban J connectivity index is 1.67. The zero-order chi connectivity index (χ0) is 26.4. The molecule has 0 saturated heterocycles. The maximum absolute atomic E-state index is 13.1. The van der Waals surface area contributed by atoms with Gasteiger partial charge in [0.1, 0.15) is 16.6 Å². The maximum Gasteiger partial charge on any atom is 0.234 e. The fourth-order valence-electron chi connectivity index (χ4n) is 3.93. The van der Waals surface area contributed by atoms with Gasteiger partial charge in [-0.1, -0.05) is 73.6 Å². The van der Waals surface area contributed by atoms with E-state index in [1.165, 1.54) is 23.1 Å². The molecule has 4 aromatic rings. The van der Waals surface area contributed by atoms with Crippen molar-refractivity contribution in [3.63, 3.8) is 0 Å². The first kappa shape index (κ1) is 26.7. The van der Waals surface area contributed by atoms with Gasteiger partial charge in [0.2, 0.25) is 5.91 Å². The number of carbonyl (C=O) groups excluding carboxylic acids is 1. The summed E-state index contributed by atoms with van der Waals surface area (Å²) in [7, 11) is 0. The molecule has 4 rings (SSSR count). The fraction of sp³-hybridized carbons (Fsp3) is 0.207. The monoisotopic (exact) mass is 546 g/mol. The molecular formula is C29H27ClN4OS2. The predicted molar refractivity (Wildman–Crippen MR) is 158 cm³/mol. The average Bonchev–Trinajstić information content (AvgIpc) is 3.34. The number of nitrogens with one attached hydrogen (secondary N) is 2. The van der Waals surface area contributed by atoms with Crippen molar-refractivity contribution in [2.75, 3.05) is 16.4 Å². The fourth-order valence-corrected chi connectivity index (χ4v) is 5.95. The molecule has 0 aliphatic heterocycles. The van der Waals surface area contributed by atoms with Crippen LogP contribution in [0.25, 0.3) is 15.8 Å². The minimum absolute atomic E-state index is 0.124. The number of hydrogen-bond acceptors (Lipinski definition) is 6. The van der Waals surface area contributed by atoms with Crippen molar-refractivity contribution in [1.82, 2.24) is 4.98 Å². The molecule has 0 fully saturated rings. The first-order chi connectivity index (χ1) is 17.9. The summed E-state index contributed by atoms with van der Waals surface area (Å²) in [4.78, 5) is 17.8. The van der Waals surface area contributed by atoms with E-state index in [-0.39, 0.29) is 11.7 Å². The number of nitrogens with zero attached hydrogens (tertiary/aromatic N) is 2. The standard InChI is InChI=1S/C29H27ClN4OS2/c1-4-19-10-8-11-20(5-2)27(19)34-26(35)17-36-28(32-23-14-9-12-22(30)18(23)3)21(16-31)29-33-24-13-6-7-15-25(24)37-29/h6-15,32H,4-5,17H2,1-3H3,(H,34,35). The zero-order valence-electron chi connectivity index (χ0n) is 20.9. The van der Waals surface area contributed by atoms with E-state index in [0.717, 1.165) is 51.1 Å². The minimum Gasteiger partial charge on any atom is -0.349 e. The van der Waals surface area contributed by atoms with Crippen molar-refractivity contribution in [3.8, 4) is 6.07 Å². The summed E-state index contributed by atoms with van der Waals surface area (Å²) in [6.07, 6.45) is 1.65. The van der Waals surface area contributed by atoms with Gasteiger partial charge in [0.15, 0.2) is 0 Å². The van der Waals surface area contributed by atoms with Gasteiger partial charge in [-0.15, -0.1) is 11.3 Å². The van der Waals surface area contributed by atoms with Gasteiger partial charge < -0.3 is 10.6 Å². The largest absolute Gasteiger partial charge is 0.349 e. The van der Waals surface area contributed by atoms with E-state index in [9.17, 15) is 10.1 Å². The second-order valence-corrected chi connectivity index (χ2v) is 10.8. The van der Waals surface area contributed by atoms with E-state index < -0.39 is 0 Å². The van der Waals surface area contributed by atoms with Crippen molar-refractivity contribution in [1.29, 1.82) is 5.26 Å². The van der Waals surface area contributed by atoms with Gasteiger partial charge in [0, 0.05) is 16.4 Å². The molecule has 3 aromatic carbocycles. The number of thioether (sulfide) groups is 1. The van der Waals surface area contributed by atoms with Crippen LogP contribution in [-0.2, 0) is 17.6 Å². The summed E-state index contributed by atoms with van der Waals surface area (Å²) < 4.78 is 0.995. The highest BCUT2D eigenvalue weighted by molar-refractivity contribution is 8.04. The molecule has 0 saturated carbocycles. The molecule has 0 unspecified atom stereocenters. The van der Waals surface area contributed by atoms with E-state index in [4.69, 9.17) is 11.6 Å². The van der Waals surface area contributed by atoms with Crippen LogP contribution in [0.2, 0.25) is 5.02 Å². The van der Waals surface area contributed by atoms with Crippen LogP contribution in [0, 0.1) is 18.3 Å². The second kappa shape index (κ2) is 12.3. The van der Waals surface area contributed by atoms with Crippen LogP contribution in [0.15, 0.2) is 65.7 Å². The molecule has 37 heavy (non-hydrogen) atoms. The number of aryl methyl sites for hydroxylation is 2. The number of allylic oxidation sites excluding steroid dienone is 1. The quantitative estimate of drug-likeness (QED) is 0.208. The molecule has 0 spiro atoms. The van der Waals surface area contributed by atoms with Crippen LogP contribution in [0.5, 0.6) is 0 Å². The highest BCUT2D eigenvalue weighted by Gasteiger charge is 2.18. The summed E-state index contributed by atoms with van der Waals surface area (Å²) in [5, 5.41) is 18.4. The SMILES string of the molecule is CCc1cccc(CC)c1NC(=O)CSC(Nc1cccc(Cl)c1C)=C(C#N)c1nc2ccccc2s1. The molecule has 188 valence electrons. The number of nitriles is 1. The Labute approximate surface area is 230 Å². The lowest BCUT2D eigenvalue weighted by Crippen LogP contribution is -2.17. The van der Waals surface area contributed by atoms with Crippen molar-refractivity contribution in [2.45, 2.75) is 33.6 Å². The summed E-state index contributed by atoms with van der Waals surface area (Å²) in [6, 6.07) is 21.8. The minimum atomic E-state index is -0.135. The highest BCUT2D eigenvalue weighted by Crippen LogP contribution is 2.35. The van der Waals surface area contributed by atoms with Gasteiger partial charge in [-0.3, -0.25) is 4.79 Å². The summed E-state index contributed by atoms with van der Waals surface area (Å²) in [5.41, 5.74) is 5.95. The number of para-hydroxylation sites is 2. The number of anilines is 2. The summed E-state index contributed by atoms with van der Waals surface area (Å²) >= 11 is 9.09. The second-order valence-electron chi connectivity index (χ2n) is 8.34. The molecule has 0 radical (unpaired) electrons. The van der Waals surface area contributed by atoms with E-state index in [1.54, 1.807) is 0 Å². The first-order valence-electron chi connectivity index (χ1n) is 12.0. The molecule has 0 aliphatic rings. The average molecular weight is 547 g/mol. The number of benzene rings is 3. The third-order valence-corrected chi connectivity index (χ3v) is 8.44. The molecule has 1 aromatic heterocycles. The van der Waals surface area contributed by atoms with Crippen LogP contribution in [0.4, 0.5) is 11.4 Å². The van der Waals surface area contributed by atoms with Gasteiger partial charge in [0.25, 0.3) is 0 Å². The molecule has 0 aliphatic carbocycles. The number of halogens is 1. The Bertz CT molecular complexity index is 1460. The van der Waals surface area contributed by atoms with Crippen molar-refractivity contribution in [3.05, 3.63) is 92.4 Å². The van der Waals surface area contributed by atoms with E-state index >= 15 is 0 Å². The van der Waals surface area contributed by atoms with E-state index in [0.29, 0.717) is 20.6 Å². The zero-order valence-corrected chi connectivity index (χ0v) is 23.3. The predicted octanol–water partition coefficient (Wildman–Crippen LogP) is 8.06. The van der Waals surface area contributed by atoms with Crippen molar-refractivity contribution < 1.29 is 4.79 Å². The molecule has 8 heteroatoms. The van der Waals surface area contributed by atoms with Crippen LogP contribution in [0.1, 0.15) is 35.5 Å². The molecule has 0 atom stereocenters. The summed E-state index contributed by atoms with van der Waals surface area (Å²) in [6.45, 7) is 6.07. The molecule has 1 amide bonds. The molecule has 2 N–H and O–H groups in total. The van der Waals surface area contributed by atoms with Crippen molar-refractivity contribution >= 4 is 67.8 Å². The number of thiazole rings is 1. The van der Waals surface area contributed by atoms with Gasteiger partial charge in [-0.05, 0) is 60.7 Å². The van der Waals surface area contributed by atoms with Gasteiger partial charge in [-0.2, -0.15) is 5.26 Å². The van der Waals surface area contributed by atoms with Gasteiger partial charge in [-0.25, -0.2) is 4.98 Å². The molecule has 0 bridgehead atoms. The number of carbonyl (C=O) groups is 1. The third-order valence-electron chi connectivity index (χ3n) is 5.97. The topological polar surface area (TPSA) is 77.8 Å². The van der Waals surface area contributed by atoms with Gasteiger partial charge in [0.05, 0.1) is 21.0 Å². The van der Waals surface area contributed by atoms with E-state index in [2.05, 4.69) is 35.5 Å². The Kier molecular flexibility index (Phi) is 8.88. The lowest BCUT2D eigenvalue weighted by atomic mass is 10.0. The molecule has 5 nitrogen and oxygen atoms in total. The van der Waals surface area contributed by atoms with Crippen LogP contribution >= 0.6 is 34.7 Å². The molecular weight excluding hydrogens is 520 g/mol. The van der Waals surface area contributed by atoms with E-state index in [1.807, 2.05) is 67.6 Å². The van der Waals surface area contributed by atoms with Crippen LogP contribution in [-0.4, -0.2) is 16.6 Å². The Morgan fingerprint density at radius 1 is 1.03 bits per heavy atom. The number of rotatable bonds is 9. The van der Waals surface area contributed by atoms with Crippen LogP contribution in [0.3, 0.4) is 0 Å². The molecule has 1 heterocycles. The Morgan fingerprint density at radius 3 is 2.41 bits per heavy atom. The smallest absolute Gasteiger partial charge is 0.234 e. The van der Waals surface area contributed by atoms with Gasteiger partial charge >= 0.3 is 0 Å². The first-order valence-corrected chi connectivity index (χ1v) is 14.2. The van der Waals surface area contributed by atoms with Crippen LogP contribution < -0.4 is 10.6 Å². The number of amides is 1. The Hall–Kier alpha value is -3.31. The summed E-state index contributed by atoms with van der Waals surface area (Å²) in [5.74, 6) is -0.0107. The highest BCUT2D eigenvalue weighted by atomic mass is 35.5. The number of hydrogen-bond donors (Lipinski definition) is 2. The lowest BCUT2D eigenvalue weighted by Gasteiger charge is -2.17. The number of fused-ring (bicyclic) bond motifs is 1. The lowest BCUT2D eigenvalue weighted by molar-refractivity contribution is -0.113. The number of aromatic nitrogens is 1. The maximum atomic E-state index is 13.1. The third kappa shape index (κ3) is 6.16.